The lowest BCUT2D eigenvalue weighted by Gasteiger charge is -2.34. The molecule has 1 aliphatic carbocycles. The Kier molecular flexibility index (Phi) is 6.04. The van der Waals surface area contributed by atoms with Gasteiger partial charge in [0.2, 0.25) is 0 Å². The maximum absolute atomic E-state index is 12.6. The molecule has 2 unspecified atom stereocenters. The van der Waals surface area contributed by atoms with Gasteiger partial charge < -0.3 is 5.73 Å². The molecule has 1 saturated carbocycles. The van der Waals surface area contributed by atoms with E-state index in [4.69, 9.17) is 5.73 Å². The van der Waals surface area contributed by atoms with Crippen molar-refractivity contribution in [2.45, 2.75) is 46.1 Å². The van der Waals surface area contributed by atoms with Crippen LogP contribution in [0.2, 0.25) is 0 Å². The Morgan fingerprint density at radius 1 is 1.11 bits per heavy atom. The molecule has 6 heteroatoms. The Bertz CT molecular complexity index is 341. The summed E-state index contributed by atoms with van der Waals surface area (Å²) in [6.45, 7) is 7.82. The normalized spacial score (nSPS) is 25.2. The topological polar surface area (TPSA) is 66.6 Å². The fourth-order valence-corrected chi connectivity index (χ4v) is 4.83. The molecule has 0 aromatic heterocycles. The van der Waals surface area contributed by atoms with E-state index in [1.54, 1.807) is 4.31 Å². The molecule has 0 aromatic carbocycles. The fraction of sp³-hybridized carbons (Fsp3) is 1.00. The Hall–Kier alpha value is -0.170. The number of rotatable bonds is 7. The molecule has 18 heavy (non-hydrogen) atoms. The predicted octanol–water partition coefficient (Wildman–Crippen LogP) is 1.02. The van der Waals surface area contributed by atoms with Crippen LogP contribution in [-0.2, 0) is 10.2 Å². The molecular formula is C12H27N3O2S. The molecule has 0 spiro atoms. The Balaban J connectivity index is 2.95. The fourth-order valence-electron chi connectivity index (χ4n) is 2.94. The summed E-state index contributed by atoms with van der Waals surface area (Å²) in [5.41, 5.74) is 5.77. The highest BCUT2D eigenvalue weighted by molar-refractivity contribution is 7.86. The van der Waals surface area contributed by atoms with Gasteiger partial charge in [0.25, 0.3) is 10.2 Å². The molecule has 2 N–H and O–H groups in total. The highest BCUT2D eigenvalue weighted by atomic mass is 32.2. The van der Waals surface area contributed by atoms with Gasteiger partial charge in [-0.2, -0.15) is 17.0 Å². The van der Waals surface area contributed by atoms with E-state index < -0.39 is 10.2 Å². The van der Waals surface area contributed by atoms with Gasteiger partial charge in [-0.3, -0.25) is 0 Å². The average molecular weight is 277 g/mol. The van der Waals surface area contributed by atoms with Crippen molar-refractivity contribution in [1.29, 1.82) is 0 Å². The number of nitrogens with two attached hydrogens (primary N) is 1. The first-order valence-corrected chi connectivity index (χ1v) is 8.39. The summed E-state index contributed by atoms with van der Waals surface area (Å²) < 4.78 is 28.4. The van der Waals surface area contributed by atoms with Crippen LogP contribution < -0.4 is 5.73 Å². The zero-order valence-electron chi connectivity index (χ0n) is 11.8. The molecule has 0 saturated heterocycles. The third kappa shape index (κ3) is 3.04. The summed E-state index contributed by atoms with van der Waals surface area (Å²) in [5.74, 6) is 0.315. The zero-order valence-corrected chi connectivity index (χ0v) is 12.6. The summed E-state index contributed by atoms with van der Waals surface area (Å²) >= 11 is 0. The third-order valence-electron chi connectivity index (χ3n) is 3.93. The minimum absolute atomic E-state index is 0.0885. The van der Waals surface area contributed by atoms with Gasteiger partial charge in [-0.1, -0.05) is 27.2 Å². The highest BCUT2D eigenvalue weighted by Crippen LogP contribution is 2.31. The van der Waals surface area contributed by atoms with Crippen molar-refractivity contribution in [1.82, 2.24) is 8.61 Å². The van der Waals surface area contributed by atoms with E-state index in [9.17, 15) is 8.42 Å². The van der Waals surface area contributed by atoms with Gasteiger partial charge in [-0.25, -0.2) is 0 Å². The Morgan fingerprint density at radius 3 is 2.17 bits per heavy atom. The molecule has 0 bridgehead atoms. The molecule has 108 valence electrons. The largest absolute Gasteiger partial charge is 0.330 e. The molecule has 1 rings (SSSR count). The summed E-state index contributed by atoms with van der Waals surface area (Å²) in [5, 5.41) is 0. The monoisotopic (exact) mass is 277 g/mol. The zero-order chi connectivity index (χ0) is 13.8. The van der Waals surface area contributed by atoms with E-state index in [2.05, 4.69) is 0 Å². The molecule has 1 fully saturated rings. The van der Waals surface area contributed by atoms with Crippen LogP contribution in [-0.4, -0.2) is 49.2 Å². The van der Waals surface area contributed by atoms with Crippen LogP contribution in [0, 0.1) is 5.92 Å². The van der Waals surface area contributed by atoms with Gasteiger partial charge in [0, 0.05) is 25.7 Å². The lowest BCUT2D eigenvalue weighted by Crippen LogP contribution is -2.50. The van der Waals surface area contributed by atoms with Gasteiger partial charge >= 0.3 is 0 Å². The Morgan fingerprint density at radius 2 is 1.72 bits per heavy atom. The van der Waals surface area contributed by atoms with Crippen molar-refractivity contribution < 1.29 is 8.42 Å². The van der Waals surface area contributed by atoms with Gasteiger partial charge in [0.15, 0.2) is 0 Å². The highest BCUT2D eigenvalue weighted by Gasteiger charge is 2.38. The van der Waals surface area contributed by atoms with E-state index >= 15 is 0 Å². The first-order valence-electron chi connectivity index (χ1n) is 6.99. The van der Waals surface area contributed by atoms with Crippen LogP contribution in [0.25, 0.3) is 0 Å². The summed E-state index contributed by atoms with van der Waals surface area (Å²) in [7, 11) is -3.33. The van der Waals surface area contributed by atoms with E-state index in [1.165, 1.54) is 4.31 Å². The molecule has 0 amide bonds. The molecular weight excluding hydrogens is 250 g/mol. The van der Waals surface area contributed by atoms with Crippen molar-refractivity contribution in [3.63, 3.8) is 0 Å². The van der Waals surface area contributed by atoms with Gasteiger partial charge in [0.05, 0.1) is 0 Å². The van der Waals surface area contributed by atoms with E-state index in [0.29, 0.717) is 32.1 Å². The predicted molar refractivity (Wildman–Crippen MR) is 74.4 cm³/mol. The summed E-state index contributed by atoms with van der Waals surface area (Å²) in [6.07, 6.45) is 3.07. The van der Waals surface area contributed by atoms with Crippen LogP contribution >= 0.6 is 0 Å². The second kappa shape index (κ2) is 6.84. The van der Waals surface area contributed by atoms with Crippen molar-refractivity contribution in [3.8, 4) is 0 Å². The van der Waals surface area contributed by atoms with Crippen molar-refractivity contribution in [2.24, 2.45) is 11.7 Å². The molecule has 0 aromatic rings. The van der Waals surface area contributed by atoms with Gasteiger partial charge in [-0.05, 0) is 25.3 Å². The molecule has 0 radical (unpaired) electrons. The maximum atomic E-state index is 12.6. The third-order valence-corrected chi connectivity index (χ3v) is 6.22. The molecule has 1 aliphatic rings. The molecule has 5 nitrogen and oxygen atoms in total. The first-order chi connectivity index (χ1) is 8.52. The van der Waals surface area contributed by atoms with E-state index in [-0.39, 0.29) is 6.04 Å². The van der Waals surface area contributed by atoms with E-state index in [1.807, 2.05) is 20.8 Å². The minimum atomic E-state index is -3.33. The summed E-state index contributed by atoms with van der Waals surface area (Å²) in [4.78, 5) is 0. The number of nitrogens with zero attached hydrogens (tertiary/aromatic N) is 2. The number of hydrogen-bond acceptors (Lipinski definition) is 3. The average Bonchev–Trinajstić information content (AvgIpc) is 2.79. The van der Waals surface area contributed by atoms with Crippen molar-refractivity contribution in [3.05, 3.63) is 0 Å². The standard InChI is InChI=1S/C12H27N3O2S/c1-4-14(5-2)18(16,17)15(6-3)12-9-7-8-11(12)10-13/h11-12H,4-10,13H2,1-3H3. The van der Waals surface area contributed by atoms with E-state index in [0.717, 1.165) is 19.3 Å². The molecule has 0 heterocycles. The minimum Gasteiger partial charge on any atom is -0.330 e. The lowest BCUT2D eigenvalue weighted by atomic mass is 10.0. The quantitative estimate of drug-likeness (QED) is 0.755. The SMILES string of the molecule is CCN(CC)S(=O)(=O)N(CC)C1CCCC1CN. The second-order valence-corrected chi connectivity index (χ2v) is 6.67. The van der Waals surface area contributed by atoms with Crippen LogP contribution in [0.3, 0.4) is 0 Å². The number of hydrogen-bond donors (Lipinski definition) is 1. The van der Waals surface area contributed by atoms with Gasteiger partial charge in [0.1, 0.15) is 0 Å². The first kappa shape index (κ1) is 15.9. The summed E-state index contributed by atoms with van der Waals surface area (Å²) in [6, 6.07) is 0.0885. The van der Waals surface area contributed by atoms with Crippen molar-refractivity contribution >= 4 is 10.2 Å². The smallest absolute Gasteiger partial charge is 0.282 e. The van der Waals surface area contributed by atoms with Crippen LogP contribution in [0.15, 0.2) is 0 Å². The molecule has 0 aliphatic heterocycles. The Labute approximate surface area is 112 Å². The van der Waals surface area contributed by atoms with Crippen LogP contribution in [0.4, 0.5) is 0 Å². The van der Waals surface area contributed by atoms with Crippen LogP contribution in [0.5, 0.6) is 0 Å². The maximum Gasteiger partial charge on any atom is 0.282 e. The lowest BCUT2D eigenvalue weighted by molar-refractivity contribution is 0.254. The molecule has 2 atom stereocenters. The van der Waals surface area contributed by atoms with Gasteiger partial charge in [-0.15, -0.1) is 0 Å². The second-order valence-electron chi connectivity index (χ2n) is 4.79. The van der Waals surface area contributed by atoms with Crippen molar-refractivity contribution in [2.75, 3.05) is 26.2 Å². The van der Waals surface area contributed by atoms with Crippen LogP contribution in [0.1, 0.15) is 40.0 Å².